The molecule has 0 amide bonds. The first kappa shape index (κ1) is 41.9. The van der Waals surface area contributed by atoms with Crippen molar-refractivity contribution in [2.24, 2.45) is 0 Å². The van der Waals surface area contributed by atoms with Crippen molar-refractivity contribution in [1.29, 1.82) is 0 Å². The third kappa shape index (κ3) is 36.5. The summed E-state index contributed by atoms with van der Waals surface area (Å²) >= 11 is 0. The molecule has 0 aromatic rings. The van der Waals surface area contributed by atoms with E-state index in [1.165, 1.54) is 0 Å². The monoisotopic (exact) mass is 422 g/mol. The molecule has 0 aliphatic rings. The van der Waals surface area contributed by atoms with Crippen molar-refractivity contribution in [2.45, 2.75) is 40.6 Å². The third-order valence-corrected chi connectivity index (χ3v) is 2.65. The van der Waals surface area contributed by atoms with Gasteiger partial charge in [0.2, 0.25) is 0 Å². The van der Waals surface area contributed by atoms with E-state index in [1.807, 2.05) is 0 Å². The van der Waals surface area contributed by atoms with E-state index in [-0.39, 0.29) is 41.1 Å². The van der Waals surface area contributed by atoms with Crippen LogP contribution in [0.25, 0.3) is 0 Å². The van der Waals surface area contributed by atoms with Gasteiger partial charge in [0, 0.05) is 49.8 Å². The highest BCUT2D eigenvalue weighted by atomic mass is 16.5. The van der Waals surface area contributed by atoms with Gasteiger partial charge in [0.05, 0.1) is 39.6 Å². The van der Waals surface area contributed by atoms with Crippen LogP contribution < -0.4 is 0 Å². The molecule has 0 aromatic carbocycles. The second-order valence-electron chi connectivity index (χ2n) is 4.83. The van der Waals surface area contributed by atoms with Gasteiger partial charge in [-0.1, -0.05) is 22.3 Å². The quantitative estimate of drug-likeness (QED) is 0.456. The SMILES string of the molecule is C.C.C.COCC(CO)OC.COCC(COC)OC.COCC(O)COC. The molecule has 0 aliphatic carbocycles. The first-order chi connectivity index (χ1) is 12.0. The molecular weight excluding hydrogens is 372 g/mol. The van der Waals surface area contributed by atoms with Crippen LogP contribution in [-0.2, 0) is 33.2 Å². The molecule has 1 unspecified atom stereocenters. The molecule has 0 spiro atoms. The van der Waals surface area contributed by atoms with Crippen LogP contribution in [0.1, 0.15) is 22.3 Å². The van der Waals surface area contributed by atoms with Gasteiger partial charge < -0.3 is 43.4 Å². The van der Waals surface area contributed by atoms with Crippen molar-refractivity contribution in [3.63, 3.8) is 0 Å². The average Bonchev–Trinajstić information content (AvgIpc) is 2.61. The van der Waals surface area contributed by atoms with Gasteiger partial charge in [-0.25, -0.2) is 0 Å². The summed E-state index contributed by atoms with van der Waals surface area (Å²) < 4.78 is 33.4. The normalized spacial score (nSPS) is 10.4. The van der Waals surface area contributed by atoms with Gasteiger partial charge in [-0.15, -0.1) is 0 Å². The molecule has 0 saturated heterocycles. The summed E-state index contributed by atoms with van der Waals surface area (Å²) in [5.41, 5.74) is 0. The smallest absolute Gasteiger partial charge is 0.104 e. The topological polar surface area (TPSA) is 105 Å². The largest absolute Gasteiger partial charge is 0.394 e. The van der Waals surface area contributed by atoms with Gasteiger partial charge in [0.25, 0.3) is 0 Å². The second kappa shape index (κ2) is 37.4. The summed E-state index contributed by atoms with van der Waals surface area (Å²) in [6.07, 6.45) is -0.579. The van der Waals surface area contributed by atoms with Crippen LogP contribution in [0.3, 0.4) is 0 Å². The molecule has 9 nitrogen and oxygen atoms in total. The number of ether oxygens (including phenoxy) is 7. The second-order valence-corrected chi connectivity index (χ2v) is 4.83. The zero-order valence-electron chi connectivity index (χ0n) is 16.7. The van der Waals surface area contributed by atoms with Crippen molar-refractivity contribution in [3.8, 4) is 0 Å². The third-order valence-electron chi connectivity index (χ3n) is 2.65. The van der Waals surface area contributed by atoms with Gasteiger partial charge in [-0.3, -0.25) is 0 Å². The molecular formula is C19H50O9. The predicted molar refractivity (Wildman–Crippen MR) is 114 cm³/mol. The highest BCUT2D eigenvalue weighted by Gasteiger charge is 2.04. The molecule has 1 atom stereocenters. The molecule has 0 aromatic heterocycles. The van der Waals surface area contributed by atoms with Gasteiger partial charge in [-0.2, -0.15) is 0 Å². The average molecular weight is 423 g/mol. The van der Waals surface area contributed by atoms with Gasteiger partial charge >= 0.3 is 0 Å². The molecule has 0 saturated carbocycles. The Balaban J connectivity index is -0.0000000617. The van der Waals surface area contributed by atoms with Crippen molar-refractivity contribution < 1.29 is 43.4 Å². The van der Waals surface area contributed by atoms with E-state index in [2.05, 4.69) is 9.47 Å². The van der Waals surface area contributed by atoms with Crippen LogP contribution in [0.15, 0.2) is 0 Å². The fourth-order valence-electron chi connectivity index (χ4n) is 1.37. The Morgan fingerprint density at radius 3 is 1.00 bits per heavy atom. The van der Waals surface area contributed by atoms with Crippen LogP contribution in [0, 0.1) is 0 Å². The van der Waals surface area contributed by atoms with Crippen LogP contribution in [0.2, 0.25) is 0 Å². The van der Waals surface area contributed by atoms with Crippen molar-refractivity contribution in [2.75, 3.05) is 89.4 Å². The fraction of sp³-hybridized carbons (Fsp3) is 1.00. The highest BCUT2D eigenvalue weighted by Crippen LogP contribution is 1.89. The molecule has 180 valence electrons. The summed E-state index contributed by atoms with van der Waals surface area (Å²) in [5.74, 6) is 0. The minimum absolute atomic E-state index is 0. The van der Waals surface area contributed by atoms with Crippen molar-refractivity contribution in [1.82, 2.24) is 0 Å². The number of hydrogen-bond acceptors (Lipinski definition) is 9. The minimum Gasteiger partial charge on any atom is -0.394 e. The Kier molecular flexibility index (Phi) is 55.9. The van der Waals surface area contributed by atoms with Gasteiger partial charge in [0.15, 0.2) is 0 Å². The summed E-state index contributed by atoms with van der Waals surface area (Å²) in [5, 5.41) is 17.3. The number of aliphatic hydroxyl groups excluding tert-OH is 2. The standard InChI is InChI=1S/C6H14O3.2C5H12O3.3CH4/c1-7-4-6(9-3)5-8-2;1-7-3-5(6)4-8-2;1-7-4-5(3-6)8-2;;;/h6H,4-5H2,1-3H3;2*5-6H,3-4H2,1-2H3;3*1H4. The van der Waals surface area contributed by atoms with Crippen LogP contribution in [0.5, 0.6) is 0 Å². The Hall–Kier alpha value is -0.360. The maximum atomic E-state index is 8.80. The van der Waals surface area contributed by atoms with E-state index in [1.54, 1.807) is 49.8 Å². The lowest BCUT2D eigenvalue weighted by molar-refractivity contribution is -0.0178. The molecule has 0 fully saturated rings. The predicted octanol–water partition coefficient (Wildman–Crippen LogP) is 1.48. The molecule has 28 heavy (non-hydrogen) atoms. The molecule has 0 aliphatic heterocycles. The maximum Gasteiger partial charge on any atom is 0.104 e. The number of aliphatic hydroxyl groups is 2. The molecule has 0 heterocycles. The minimum atomic E-state index is -0.481. The summed E-state index contributed by atoms with van der Waals surface area (Å²) in [4.78, 5) is 0. The Bertz CT molecular complexity index is 206. The first-order valence-electron chi connectivity index (χ1n) is 7.80. The van der Waals surface area contributed by atoms with Gasteiger partial charge in [0.1, 0.15) is 18.3 Å². The zero-order valence-corrected chi connectivity index (χ0v) is 16.7. The molecule has 2 N–H and O–H groups in total. The van der Waals surface area contributed by atoms with E-state index >= 15 is 0 Å². The van der Waals surface area contributed by atoms with E-state index in [9.17, 15) is 0 Å². The zero-order chi connectivity index (χ0) is 19.9. The molecule has 0 radical (unpaired) electrons. The summed E-state index contributed by atoms with van der Waals surface area (Å²) in [6.45, 7) is 2.33. The Morgan fingerprint density at radius 1 is 0.536 bits per heavy atom. The van der Waals surface area contributed by atoms with Crippen LogP contribution in [0.4, 0.5) is 0 Å². The molecule has 0 rings (SSSR count). The lowest BCUT2D eigenvalue weighted by atomic mass is 10.4. The Labute approximate surface area is 174 Å². The maximum absolute atomic E-state index is 8.80. The molecule has 9 heteroatoms. The fourth-order valence-corrected chi connectivity index (χ4v) is 1.37. The first-order valence-corrected chi connectivity index (χ1v) is 7.80. The van der Waals surface area contributed by atoms with Crippen molar-refractivity contribution in [3.05, 3.63) is 0 Å². The van der Waals surface area contributed by atoms with Crippen molar-refractivity contribution >= 4 is 0 Å². The van der Waals surface area contributed by atoms with E-state index in [4.69, 9.17) is 33.9 Å². The van der Waals surface area contributed by atoms with Crippen LogP contribution in [-0.4, -0.2) is 118 Å². The van der Waals surface area contributed by atoms with Gasteiger partial charge in [-0.05, 0) is 0 Å². The molecule has 0 bridgehead atoms. The lowest BCUT2D eigenvalue weighted by Gasteiger charge is -2.11. The lowest BCUT2D eigenvalue weighted by Crippen LogP contribution is -2.22. The number of hydrogen-bond donors (Lipinski definition) is 2. The van der Waals surface area contributed by atoms with Crippen LogP contribution >= 0.6 is 0 Å². The summed E-state index contributed by atoms with van der Waals surface area (Å²) in [6, 6.07) is 0. The Morgan fingerprint density at radius 2 is 0.821 bits per heavy atom. The van der Waals surface area contributed by atoms with E-state index < -0.39 is 6.10 Å². The van der Waals surface area contributed by atoms with E-state index in [0.29, 0.717) is 33.0 Å². The van der Waals surface area contributed by atoms with E-state index in [0.717, 1.165) is 0 Å². The number of methoxy groups -OCH3 is 7. The summed E-state index contributed by atoms with van der Waals surface area (Å²) in [7, 11) is 11.1. The number of rotatable bonds is 13. The highest BCUT2D eigenvalue weighted by molar-refractivity contribution is 4.51.